The zero-order valence-electron chi connectivity index (χ0n) is 9.68. The van der Waals surface area contributed by atoms with Gasteiger partial charge in [0.1, 0.15) is 0 Å². The third-order valence-corrected chi connectivity index (χ3v) is 3.15. The summed E-state index contributed by atoms with van der Waals surface area (Å²) in [5, 5.41) is 11.2. The second-order valence-electron chi connectivity index (χ2n) is 3.54. The molecule has 0 aromatic rings. The van der Waals surface area contributed by atoms with Gasteiger partial charge in [0.05, 0.1) is 19.8 Å². The van der Waals surface area contributed by atoms with Crippen molar-refractivity contribution in [3.8, 4) is 0 Å². The number of aliphatic hydroxyl groups excluding tert-OH is 1. The van der Waals surface area contributed by atoms with Crippen LogP contribution in [0.3, 0.4) is 0 Å². The summed E-state index contributed by atoms with van der Waals surface area (Å²) in [6, 6.07) is 0. The molecule has 0 radical (unpaired) electrons. The maximum atomic E-state index is 11.4. The molecule has 1 fully saturated rings. The number of rotatable bonds is 8. The number of carbonyl (C=O) groups excluding carboxylic acids is 2. The number of nitrogens with zero attached hydrogens (tertiary/aromatic N) is 1. The summed E-state index contributed by atoms with van der Waals surface area (Å²) >= 11 is 1.30. The molecular weight excluding hydrogens is 244 g/mol. The van der Waals surface area contributed by atoms with Crippen LogP contribution in [0.4, 0.5) is 4.79 Å². The van der Waals surface area contributed by atoms with E-state index in [0.717, 1.165) is 12.3 Å². The molecule has 1 rings (SSSR count). The molecule has 2 amide bonds. The van der Waals surface area contributed by atoms with Crippen LogP contribution < -0.4 is 5.32 Å². The summed E-state index contributed by atoms with van der Waals surface area (Å²) in [4.78, 5) is 24.3. The van der Waals surface area contributed by atoms with E-state index in [0.29, 0.717) is 26.1 Å². The van der Waals surface area contributed by atoms with Gasteiger partial charge in [-0.25, -0.2) is 0 Å². The van der Waals surface area contributed by atoms with E-state index in [1.807, 2.05) is 0 Å². The zero-order chi connectivity index (χ0) is 12.5. The predicted octanol–water partition coefficient (Wildman–Crippen LogP) is -0.330. The minimum Gasteiger partial charge on any atom is -0.394 e. The van der Waals surface area contributed by atoms with Gasteiger partial charge in [-0.15, -0.1) is 0 Å². The zero-order valence-corrected chi connectivity index (χ0v) is 10.5. The molecule has 0 saturated carbocycles. The second kappa shape index (κ2) is 8.32. The highest BCUT2D eigenvalue weighted by molar-refractivity contribution is 8.13. The molecule has 0 unspecified atom stereocenters. The van der Waals surface area contributed by atoms with Crippen LogP contribution >= 0.6 is 11.8 Å². The molecule has 0 atom stereocenters. The molecule has 1 aliphatic heterocycles. The quantitative estimate of drug-likeness (QED) is 0.586. The van der Waals surface area contributed by atoms with Crippen LogP contribution in [0.15, 0.2) is 0 Å². The molecule has 0 bridgehead atoms. The van der Waals surface area contributed by atoms with E-state index in [1.54, 1.807) is 4.90 Å². The summed E-state index contributed by atoms with van der Waals surface area (Å²) in [5.41, 5.74) is 0. The first-order valence-electron chi connectivity index (χ1n) is 5.61. The average Bonchev–Trinajstić information content (AvgIpc) is 2.72. The number of ether oxygens (including phenoxy) is 1. The first-order chi connectivity index (χ1) is 8.24. The van der Waals surface area contributed by atoms with Crippen molar-refractivity contribution < 1.29 is 19.4 Å². The molecule has 0 aliphatic carbocycles. The van der Waals surface area contributed by atoms with Crippen molar-refractivity contribution in [2.45, 2.75) is 6.42 Å². The van der Waals surface area contributed by atoms with E-state index < -0.39 is 0 Å². The van der Waals surface area contributed by atoms with E-state index in [1.165, 1.54) is 11.8 Å². The SMILES string of the molecule is O=C(CCN1CCSC1=O)NCCOCCO. The van der Waals surface area contributed by atoms with Crippen molar-refractivity contribution >= 4 is 22.9 Å². The third kappa shape index (κ3) is 5.90. The Morgan fingerprint density at radius 1 is 1.53 bits per heavy atom. The molecule has 2 N–H and O–H groups in total. The van der Waals surface area contributed by atoms with Crippen molar-refractivity contribution in [2.75, 3.05) is 45.2 Å². The highest BCUT2D eigenvalue weighted by Gasteiger charge is 2.21. The van der Waals surface area contributed by atoms with Gasteiger partial charge in [-0.1, -0.05) is 11.8 Å². The van der Waals surface area contributed by atoms with Crippen molar-refractivity contribution in [1.82, 2.24) is 10.2 Å². The fraction of sp³-hybridized carbons (Fsp3) is 0.800. The lowest BCUT2D eigenvalue weighted by Crippen LogP contribution is -2.32. The van der Waals surface area contributed by atoms with Crippen LogP contribution in [0.5, 0.6) is 0 Å². The molecule has 1 aliphatic rings. The Morgan fingerprint density at radius 2 is 2.35 bits per heavy atom. The smallest absolute Gasteiger partial charge is 0.281 e. The Bertz CT molecular complexity index is 263. The van der Waals surface area contributed by atoms with Crippen LogP contribution in [-0.2, 0) is 9.53 Å². The van der Waals surface area contributed by atoms with Crippen molar-refractivity contribution in [3.63, 3.8) is 0 Å². The molecule has 6 nitrogen and oxygen atoms in total. The minimum atomic E-state index is -0.0812. The van der Waals surface area contributed by atoms with Crippen LogP contribution in [0.25, 0.3) is 0 Å². The number of hydrogen-bond acceptors (Lipinski definition) is 5. The number of amides is 2. The van der Waals surface area contributed by atoms with Gasteiger partial charge >= 0.3 is 0 Å². The summed E-state index contributed by atoms with van der Waals surface area (Å²) in [6.07, 6.45) is 0.326. The van der Waals surface area contributed by atoms with Crippen LogP contribution in [0.2, 0.25) is 0 Å². The lowest BCUT2D eigenvalue weighted by Gasteiger charge is -2.13. The fourth-order valence-corrected chi connectivity index (χ4v) is 2.23. The number of aliphatic hydroxyl groups is 1. The van der Waals surface area contributed by atoms with E-state index in [2.05, 4.69) is 5.32 Å². The lowest BCUT2D eigenvalue weighted by atomic mass is 10.3. The standard InChI is InChI=1S/C10H18N2O4S/c13-5-7-16-6-2-11-9(14)1-3-12-4-8-17-10(12)15/h13H,1-8H2,(H,11,14). The number of hydrogen-bond donors (Lipinski definition) is 2. The van der Waals surface area contributed by atoms with E-state index >= 15 is 0 Å². The first kappa shape index (κ1) is 14.3. The molecule has 0 aromatic heterocycles. The van der Waals surface area contributed by atoms with Crippen molar-refractivity contribution in [1.29, 1.82) is 0 Å². The van der Waals surface area contributed by atoms with Crippen LogP contribution in [-0.4, -0.2) is 66.4 Å². The van der Waals surface area contributed by atoms with E-state index in [9.17, 15) is 9.59 Å². The van der Waals surface area contributed by atoms with Crippen molar-refractivity contribution in [3.05, 3.63) is 0 Å². The number of carbonyl (C=O) groups is 2. The Kier molecular flexibility index (Phi) is 6.99. The summed E-state index contributed by atoms with van der Waals surface area (Å²) in [7, 11) is 0. The predicted molar refractivity (Wildman–Crippen MR) is 65.0 cm³/mol. The van der Waals surface area contributed by atoms with Gasteiger partial charge in [-0.05, 0) is 0 Å². The van der Waals surface area contributed by atoms with Gasteiger partial charge in [0.2, 0.25) is 5.91 Å². The van der Waals surface area contributed by atoms with E-state index in [4.69, 9.17) is 9.84 Å². The summed E-state index contributed by atoms with van der Waals surface area (Å²) in [5.74, 6) is 0.734. The molecule has 17 heavy (non-hydrogen) atoms. The van der Waals surface area contributed by atoms with Gasteiger partial charge in [-0.2, -0.15) is 0 Å². The van der Waals surface area contributed by atoms with E-state index in [-0.39, 0.29) is 24.4 Å². The maximum absolute atomic E-state index is 11.4. The van der Waals surface area contributed by atoms with Gasteiger partial charge in [0.25, 0.3) is 5.24 Å². The molecule has 7 heteroatoms. The number of thioether (sulfide) groups is 1. The topological polar surface area (TPSA) is 78.9 Å². The minimum absolute atomic E-state index is 0.0112. The Morgan fingerprint density at radius 3 is 3.00 bits per heavy atom. The molecular formula is C10H18N2O4S. The maximum Gasteiger partial charge on any atom is 0.281 e. The molecule has 1 saturated heterocycles. The summed E-state index contributed by atoms with van der Waals surface area (Å²) < 4.78 is 5.00. The molecule has 98 valence electrons. The average molecular weight is 262 g/mol. The fourth-order valence-electron chi connectivity index (χ4n) is 1.38. The molecule has 0 spiro atoms. The highest BCUT2D eigenvalue weighted by Crippen LogP contribution is 2.16. The molecule has 0 aromatic carbocycles. The van der Waals surface area contributed by atoms with Gasteiger partial charge in [0.15, 0.2) is 0 Å². The van der Waals surface area contributed by atoms with Crippen LogP contribution in [0, 0.1) is 0 Å². The monoisotopic (exact) mass is 262 g/mol. The summed E-state index contributed by atoms with van der Waals surface area (Å²) in [6.45, 7) is 2.32. The Balaban J connectivity index is 1.99. The second-order valence-corrected chi connectivity index (χ2v) is 4.58. The number of nitrogens with one attached hydrogen (secondary N) is 1. The van der Waals surface area contributed by atoms with Crippen LogP contribution in [0.1, 0.15) is 6.42 Å². The largest absolute Gasteiger partial charge is 0.394 e. The normalized spacial score (nSPS) is 15.4. The molecule has 1 heterocycles. The van der Waals surface area contributed by atoms with Gasteiger partial charge in [-0.3, -0.25) is 9.59 Å². The Hall–Kier alpha value is -0.790. The highest BCUT2D eigenvalue weighted by atomic mass is 32.2. The van der Waals surface area contributed by atoms with Gasteiger partial charge in [0, 0.05) is 31.8 Å². The van der Waals surface area contributed by atoms with Crippen molar-refractivity contribution in [2.24, 2.45) is 0 Å². The first-order valence-corrected chi connectivity index (χ1v) is 6.59. The lowest BCUT2D eigenvalue weighted by molar-refractivity contribution is -0.121. The van der Waals surface area contributed by atoms with Gasteiger partial charge < -0.3 is 20.1 Å². The Labute approximate surface area is 105 Å². The third-order valence-electron chi connectivity index (χ3n) is 2.26.